The number of fused-ring (bicyclic) bond motifs is 3. The normalized spacial score (nSPS) is 17.4. The summed E-state index contributed by atoms with van der Waals surface area (Å²) in [6, 6.07) is 1.67. The van der Waals surface area contributed by atoms with Crippen LogP contribution in [0.4, 0.5) is 0 Å². The molecule has 1 aliphatic rings. The van der Waals surface area contributed by atoms with Crippen molar-refractivity contribution in [3.05, 3.63) is 32.6 Å². The van der Waals surface area contributed by atoms with Crippen molar-refractivity contribution in [1.29, 1.82) is 0 Å². The van der Waals surface area contributed by atoms with Gasteiger partial charge in [-0.05, 0) is 43.2 Å². The van der Waals surface area contributed by atoms with Crippen molar-refractivity contribution >= 4 is 27.4 Å². The number of carboxylic acids is 1. The summed E-state index contributed by atoms with van der Waals surface area (Å²) in [4.78, 5) is 25.7. The van der Waals surface area contributed by atoms with Crippen molar-refractivity contribution in [1.82, 2.24) is 4.57 Å². The van der Waals surface area contributed by atoms with E-state index in [-0.39, 0.29) is 11.3 Å². The molecular weight excluding hydrogens is 314 g/mol. The van der Waals surface area contributed by atoms with E-state index in [2.05, 4.69) is 6.92 Å². The molecule has 5 nitrogen and oxygen atoms in total. The van der Waals surface area contributed by atoms with Crippen LogP contribution in [0.5, 0.6) is 0 Å². The summed E-state index contributed by atoms with van der Waals surface area (Å²) in [6.07, 6.45) is 3.60. The number of pyridine rings is 1. The zero-order chi connectivity index (χ0) is 16.6. The van der Waals surface area contributed by atoms with Gasteiger partial charge in [0, 0.05) is 29.8 Å². The molecule has 0 radical (unpaired) electrons. The maximum atomic E-state index is 12.9. The largest absolute Gasteiger partial charge is 0.477 e. The van der Waals surface area contributed by atoms with E-state index in [1.54, 1.807) is 24.5 Å². The summed E-state index contributed by atoms with van der Waals surface area (Å²) in [7, 11) is 1.60. The monoisotopic (exact) mass is 335 g/mol. The van der Waals surface area contributed by atoms with Crippen LogP contribution < -0.4 is 5.56 Å². The molecule has 0 saturated carbocycles. The Morgan fingerprint density at radius 2 is 2.30 bits per heavy atom. The number of aryl methyl sites for hydroxylation is 1. The van der Waals surface area contributed by atoms with Crippen molar-refractivity contribution < 1.29 is 14.6 Å². The van der Waals surface area contributed by atoms with E-state index in [0.717, 1.165) is 34.9 Å². The number of aromatic carboxylic acids is 1. The Bertz CT molecular complexity index is 805. The Morgan fingerprint density at radius 3 is 3.00 bits per heavy atom. The lowest BCUT2D eigenvalue weighted by molar-refractivity contribution is 0.0682. The van der Waals surface area contributed by atoms with E-state index in [9.17, 15) is 14.7 Å². The van der Waals surface area contributed by atoms with E-state index in [1.807, 2.05) is 0 Å². The number of ether oxygens (including phenoxy) is 1. The Balaban J connectivity index is 2.17. The SMILES string of the molecule is COCCCn1c(C(=O)O)cc2sc3c(c2c1=O)CCC(C)C3. The predicted octanol–water partition coefficient (Wildman–Crippen LogP) is 2.92. The molecule has 0 bridgehead atoms. The molecule has 1 N–H and O–H groups in total. The number of hydrogen-bond acceptors (Lipinski definition) is 4. The van der Waals surface area contributed by atoms with Crippen LogP contribution in [0.1, 0.15) is 40.7 Å². The number of hydrogen-bond donors (Lipinski definition) is 1. The van der Waals surface area contributed by atoms with Crippen LogP contribution in [0.15, 0.2) is 10.9 Å². The third kappa shape index (κ3) is 2.93. The fourth-order valence-corrected chi connectivity index (χ4v) is 4.76. The molecule has 0 fully saturated rings. The van der Waals surface area contributed by atoms with E-state index in [0.29, 0.717) is 25.5 Å². The van der Waals surface area contributed by atoms with Gasteiger partial charge in [0.2, 0.25) is 0 Å². The van der Waals surface area contributed by atoms with Crippen LogP contribution in [0.2, 0.25) is 0 Å². The number of carboxylic acid groups (broad SMARTS) is 1. The lowest BCUT2D eigenvalue weighted by atomic mass is 9.89. The second-order valence-electron chi connectivity index (χ2n) is 6.23. The Labute approximate surface area is 138 Å². The number of thiophene rings is 1. The van der Waals surface area contributed by atoms with Gasteiger partial charge in [-0.2, -0.15) is 0 Å². The minimum absolute atomic E-state index is 0.0743. The second-order valence-corrected chi connectivity index (χ2v) is 7.37. The highest BCUT2D eigenvalue weighted by Gasteiger charge is 2.24. The van der Waals surface area contributed by atoms with Crippen molar-refractivity contribution in [2.75, 3.05) is 13.7 Å². The molecule has 3 rings (SSSR count). The molecule has 0 aromatic carbocycles. The van der Waals surface area contributed by atoms with Crippen LogP contribution in [0.25, 0.3) is 10.1 Å². The molecule has 1 aliphatic carbocycles. The van der Waals surface area contributed by atoms with Gasteiger partial charge in [-0.15, -0.1) is 11.3 Å². The topological polar surface area (TPSA) is 68.5 Å². The molecule has 0 amide bonds. The average molecular weight is 335 g/mol. The summed E-state index contributed by atoms with van der Waals surface area (Å²) in [5, 5.41) is 10.2. The average Bonchev–Trinajstić information content (AvgIpc) is 2.86. The predicted molar refractivity (Wildman–Crippen MR) is 90.7 cm³/mol. The molecule has 2 aromatic heterocycles. The van der Waals surface area contributed by atoms with Crippen molar-refractivity contribution in [3.8, 4) is 0 Å². The molecule has 0 aliphatic heterocycles. The highest BCUT2D eigenvalue weighted by molar-refractivity contribution is 7.19. The minimum Gasteiger partial charge on any atom is -0.477 e. The zero-order valence-electron chi connectivity index (χ0n) is 13.4. The first-order valence-corrected chi connectivity index (χ1v) is 8.75. The van der Waals surface area contributed by atoms with Crippen LogP contribution in [-0.4, -0.2) is 29.4 Å². The smallest absolute Gasteiger partial charge is 0.352 e. The molecule has 2 heterocycles. The van der Waals surface area contributed by atoms with Gasteiger partial charge in [-0.1, -0.05) is 6.92 Å². The lowest BCUT2D eigenvalue weighted by Crippen LogP contribution is -2.27. The Morgan fingerprint density at radius 1 is 1.52 bits per heavy atom. The van der Waals surface area contributed by atoms with Gasteiger partial charge in [-0.3, -0.25) is 4.79 Å². The van der Waals surface area contributed by atoms with E-state index >= 15 is 0 Å². The van der Waals surface area contributed by atoms with Crippen molar-refractivity contribution in [2.45, 2.75) is 39.2 Å². The van der Waals surface area contributed by atoms with E-state index in [1.165, 1.54) is 9.44 Å². The van der Waals surface area contributed by atoms with Crippen LogP contribution in [0, 0.1) is 5.92 Å². The van der Waals surface area contributed by atoms with Crippen molar-refractivity contribution in [3.63, 3.8) is 0 Å². The van der Waals surface area contributed by atoms with Gasteiger partial charge in [-0.25, -0.2) is 4.79 Å². The summed E-state index contributed by atoms with van der Waals surface area (Å²) >= 11 is 1.58. The van der Waals surface area contributed by atoms with Gasteiger partial charge < -0.3 is 14.4 Å². The summed E-state index contributed by atoms with van der Waals surface area (Å²) in [5.74, 6) is -0.431. The summed E-state index contributed by atoms with van der Waals surface area (Å²) in [6.45, 7) is 3.09. The number of aromatic nitrogens is 1. The second kappa shape index (κ2) is 6.45. The summed E-state index contributed by atoms with van der Waals surface area (Å²) < 4.78 is 7.23. The highest BCUT2D eigenvalue weighted by Crippen LogP contribution is 2.36. The van der Waals surface area contributed by atoms with Gasteiger partial charge in [0.15, 0.2) is 0 Å². The maximum absolute atomic E-state index is 12.9. The fourth-order valence-electron chi connectivity index (χ4n) is 3.32. The van der Waals surface area contributed by atoms with E-state index < -0.39 is 5.97 Å². The Kier molecular flexibility index (Phi) is 4.55. The summed E-state index contributed by atoms with van der Waals surface area (Å²) in [5.41, 5.74) is 1.05. The minimum atomic E-state index is -1.05. The van der Waals surface area contributed by atoms with Gasteiger partial charge >= 0.3 is 5.97 Å². The molecule has 1 unspecified atom stereocenters. The molecule has 0 saturated heterocycles. The highest BCUT2D eigenvalue weighted by atomic mass is 32.1. The molecule has 0 spiro atoms. The first-order valence-electron chi connectivity index (χ1n) is 7.93. The number of carbonyl (C=O) groups is 1. The first-order chi connectivity index (χ1) is 11.0. The standard InChI is InChI=1S/C17H21NO4S/c1-10-4-5-11-13(8-10)23-14-9-12(17(20)21)18(6-3-7-22-2)16(19)15(11)14/h9-10H,3-8H2,1-2H3,(H,20,21). The van der Waals surface area contributed by atoms with Gasteiger partial charge in [0.1, 0.15) is 5.69 Å². The first kappa shape index (κ1) is 16.2. The zero-order valence-corrected chi connectivity index (χ0v) is 14.2. The third-order valence-corrected chi connectivity index (χ3v) is 5.71. The van der Waals surface area contributed by atoms with Gasteiger partial charge in [0.25, 0.3) is 5.56 Å². The lowest BCUT2D eigenvalue weighted by Gasteiger charge is -2.17. The maximum Gasteiger partial charge on any atom is 0.352 e. The van der Waals surface area contributed by atoms with Crippen LogP contribution in [-0.2, 0) is 24.1 Å². The number of rotatable bonds is 5. The Hall–Kier alpha value is -1.66. The quantitative estimate of drug-likeness (QED) is 0.853. The number of nitrogens with zero attached hydrogens (tertiary/aromatic N) is 1. The van der Waals surface area contributed by atoms with Gasteiger partial charge in [0.05, 0.1) is 5.39 Å². The van der Waals surface area contributed by atoms with E-state index in [4.69, 9.17) is 4.74 Å². The molecule has 6 heteroatoms. The number of methoxy groups -OCH3 is 1. The third-order valence-electron chi connectivity index (χ3n) is 4.51. The van der Waals surface area contributed by atoms with Crippen LogP contribution in [0.3, 0.4) is 0 Å². The molecule has 2 aromatic rings. The van der Waals surface area contributed by atoms with Crippen LogP contribution >= 0.6 is 11.3 Å². The fraction of sp³-hybridized carbons (Fsp3) is 0.529. The molecule has 23 heavy (non-hydrogen) atoms. The molecule has 1 atom stereocenters. The molecular formula is C17H21NO4S. The molecule has 124 valence electrons. The van der Waals surface area contributed by atoms with Crippen molar-refractivity contribution in [2.24, 2.45) is 5.92 Å².